The van der Waals surface area contributed by atoms with E-state index in [4.69, 9.17) is 10.4 Å². The second-order valence-electron chi connectivity index (χ2n) is 2.82. The van der Waals surface area contributed by atoms with Crippen LogP contribution in [0.1, 0.15) is 17.0 Å². The molecule has 0 radical (unpaired) electrons. The summed E-state index contributed by atoms with van der Waals surface area (Å²) >= 11 is 0. The number of carboxylic acids is 1. The standard InChI is InChI=1S/C9H9N3O2/c1-5-8(6(2)12-11-5)3-7(4-10)9(13)14/h3H,1-2H3,(H,11,12)(H,13,14)/b7-3-. The van der Waals surface area contributed by atoms with Crippen molar-refractivity contribution < 1.29 is 9.90 Å². The molecule has 72 valence electrons. The van der Waals surface area contributed by atoms with Crippen molar-refractivity contribution in [2.45, 2.75) is 13.8 Å². The molecule has 1 rings (SSSR count). The van der Waals surface area contributed by atoms with Gasteiger partial charge in [0.2, 0.25) is 0 Å². The Morgan fingerprint density at radius 2 is 2.29 bits per heavy atom. The van der Waals surface area contributed by atoms with Gasteiger partial charge in [-0.3, -0.25) is 5.10 Å². The number of H-pyrrole nitrogens is 1. The second kappa shape index (κ2) is 3.75. The van der Waals surface area contributed by atoms with E-state index in [9.17, 15) is 4.79 Å². The maximum atomic E-state index is 10.6. The smallest absolute Gasteiger partial charge is 0.346 e. The molecule has 0 aliphatic carbocycles. The molecule has 2 N–H and O–H groups in total. The van der Waals surface area contributed by atoms with Gasteiger partial charge in [-0.25, -0.2) is 4.79 Å². The number of aryl methyl sites for hydroxylation is 2. The van der Waals surface area contributed by atoms with E-state index in [1.54, 1.807) is 19.9 Å². The quantitative estimate of drug-likeness (QED) is 0.539. The third-order valence-corrected chi connectivity index (χ3v) is 1.82. The van der Waals surface area contributed by atoms with Crippen molar-refractivity contribution in [3.8, 4) is 6.07 Å². The predicted molar refractivity (Wildman–Crippen MR) is 49.3 cm³/mol. The Kier molecular flexibility index (Phi) is 2.67. The highest BCUT2D eigenvalue weighted by Crippen LogP contribution is 2.13. The van der Waals surface area contributed by atoms with E-state index in [0.717, 1.165) is 5.69 Å². The van der Waals surface area contributed by atoms with Crippen LogP contribution in [0.5, 0.6) is 0 Å². The summed E-state index contributed by atoms with van der Waals surface area (Å²) in [5.74, 6) is -1.23. The number of aliphatic carboxylic acids is 1. The largest absolute Gasteiger partial charge is 0.477 e. The van der Waals surface area contributed by atoms with Gasteiger partial charge < -0.3 is 5.11 Å². The van der Waals surface area contributed by atoms with Crippen molar-refractivity contribution >= 4 is 12.0 Å². The molecule has 0 aliphatic rings. The summed E-state index contributed by atoms with van der Waals surface area (Å²) in [6, 6.07) is 1.61. The molecule has 0 atom stereocenters. The fraction of sp³-hybridized carbons (Fsp3) is 0.222. The van der Waals surface area contributed by atoms with E-state index in [1.165, 1.54) is 6.08 Å². The Morgan fingerprint density at radius 3 is 2.64 bits per heavy atom. The van der Waals surface area contributed by atoms with Gasteiger partial charge in [0.1, 0.15) is 11.6 Å². The zero-order valence-corrected chi connectivity index (χ0v) is 7.83. The number of aromatic nitrogens is 2. The molecule has 0 aliphatic heterocycles. The topological polar surface area (TPSA) is 89.8 Å². The first-order chi connectivity index (χ1) is 6.56. The van der Waals surface area contributed by atoms with Crippen LogP contribution in [0, 0.1) is 25.2 Å². The Balaban J connectivity index is 3.20. The molecule has 0 saturated heterocycles. The van der Waals surface area contributed by atoms with Crippen molar-refractivity contribution in [1.82, 2.24) is 10.2 Å². The van der Waals surface area contributed by atoms with Crippen molar-refractivity contribution in [1.29, 1.82) is 5.26 Å². The minimum atomic E-state index is -1.23. The molecule has 0 fully saturated rings. The highest BCUT2D eigenvalue weighted by atomic mass is 16.4. The van der Waals surface area contributed by atoms with Crippen molar-refractivity contribution in [3.63, 3.8) is 0 Å². The molecular formula is C9H9N3O2. The lowest BCUT2D eigenvalue weighted by Crippen LogP contribution is -1.97. The van der Waals surface area contributed by atoms with Gasteiger partial charge in [0.15, 0.2) is 0 Å². The van der Waals surface area contributed by atoms with Crippen LogP contribution in [-0.2, 0) is 4.79 Å². The third kappa shape index (κ3) is 1.80. The van der Waals surface area contributed by atoms with Gasteiger partial charge in [0, 0.05) is 11.3 Å². The molecule has 1 heterocycles. The zero-order valence-electron chi connectivity index (χ0n) is 7.83. The van der Waals surface area contributed by atoms with Crippen molar-refractivity contribution in [2.24, 2.45) is 0 Å². The second-order valence-corrected chi connectivity index (χ2v) is 2.82. The number of aromatic amines is 1. The molecule has 0 bridgehead atoms. The third-order valence-electron chi connectivity index (χ3n) is 1.82. The molecule has 0 spiro atoms. The minimum absolute atomic E-state index is 0.294. The summed E-state index contributed by atoms with van der Waals surface area (Å²) in [6.45, 7) is 3.51. The number of hydrogen-bond acceptors (Lipinski definition) is 3. The van der Waals surface area contributed by atoms with E-state index in [0.29, 0.717) is 11.3 Å². The van der Waals surface area contributed by atoms with Gasteiger partial charge in [0.25, 0.3) is 0 Å². The summed E-state index contributed by atoms with van der Waals surface area (Å²) in [5, 5.41) is 23.8. The van der Waals surface area contributed by atoms with Crippen LogP contribution in [-0.4, -0.2) is 21.3 Å². The first-order valence-electron chi connectivity index (χ1n) is 3.93. The van der Waals surface area contributed by atoms with Gasteiger partial charge in [-0.2, -0.15) is 10.4 Å². The van der Waals surface area contributed by atoms with Crippen molar-refractivity contribution in [3.05, 3.63) is 22.5 Å². The molecule has 0 unspecified atom stereocenters. The summed E-state index contributed by atoms with van der Waals surface area (Å²) in [4.78, 5) is 10.6. The molecular weight excluding hydrogens is 182 g/mol. The number of nitrogens with one attached hydrogen (secondary N) is 1. The number of hydrogen-bond donors (Lipinski definition) is 2. The Morgan fingerprint density at radius 1 is 1.64 bits per heavy atom. The Hall–Kier alpha value is -2.09. The van der Waals surface area contributed by atoms with E-state index in [2.05, 4.69) is 10.2 Å². The normalized spacial score (nSPS) is 11.1. The van der Waals surface area contributed by atoms with Crippen LogP contribution < -0.4 is 0 Å². The summed E-state index contributed by atoms with van der Waals surface area (Å²) in [7, 11) is 0. The molecule has 0 aromatic carbocycles. The van der Waals surface area contributed by atoms with Gasteiger partial charge in [-0.05, 0) is 19.9 Å². The lowest BCUT2D eigenvalue weighted by Gasteiger charge is -1.92. The summed E-state index contributed by atoms with van der Waals surface area (Å²) in [5.41, 5.74) is 1.79. The zero-order chi connectivity index (χ0) is 10.7. The molecule has 14 heavy (non-hydrogen) atoms. The molecule has 1 aromatic heterocycles. The summed E-state index contributed by atoms with van der Waals surface area (Å²) < 4.78 is 0. The van der Waals surface area contributed by atoms with E-state index < -0.39 is 5.97 Å². The molecule has 5 heteroatoms. The van der Waals surface area contributed by atoms with Gasteiger partial charge >= 0.3 is 5.97 Å². The molecule has 5 nitrogen and oxygen atoms in total. The Bertz CT molecular complexity index is 418. The van der Waals surface area contributed by atoms with Gasteiger partial charge in [0.05, 0.1) is 5.69 Å². The van der Waals surface area contributed by atoms with E-state index in [-0.39, 0.29) is 5.57 Å². The van der Waals surface area contributed by atoms with Crippen molar-refractivity contribution in [2.75, 3.05) is 0 Å². The fourth-order valence-electron chi connectivity index (χ4n) is 1.06. The number of nitrogens with zero attached hydrogens (tertiary/aromatic N) is 2. The van der Waals surface area contributed by atoms with E-state index in [1.807, 2.05) is 0 Å². The molecule has 0 saturated carbocycles. The van der Waals surface area contributed by atoms with Crippen LogP contribution >= 0.6 is 0 Å². The van der Waals surface area contributed by atoms with Crippen LogP contribution in [0.2, 0.25) is 0 Å². The lowest BCUT2D eigenvalue weighted by atomic mass is 10.1. The number of rotatable bonds is 2. The fourth-order valence-corrected chi connectivity index (χ4v) is 1.06. The summed E-state index contributed by atoms with van der Waals surface area (Å²) in [6.07, 6.45) is 1.32. The number of carbonyl (C=O) groups is 1. The first kappa shape index (κ1) is 9.99. The number of nitriles is 1. The van der Waals surface area contributed by atoms with E-state index >= 15 is 0 Å². The highest BCUT2D eigenvalue weighted by Gasteiger charge is 2.09. The SMILES string of the molecule is Cc1n[nH]c(C)c1/C=C(/C#N)C(=O)O. The average molecular weight is 191 g/mol. The monoisotopic (exact) mass is 191 g/mol. The average Bonchev–Trinajstić information content (AvgIpc) is 2.43. The Labute approximate surface area is 80.7 Å². The first-order valence-corrected chi connectivity index (χ1v) is 3.93. The van der Waals surface area contributed by atoms with Gasteiger partial charge in [-0.1, -0.05) is 0 Å². The molecule has 0 amide bonds. The maximum absolute atomic E-state index is 10.6. The van der Waals surface area contributed by atoms with Crippen LogP contribution in [0.15, 0.2) is 5.57 Å². The lowest BCUT2D eigenvalue weighted by molar-refractivity contribution is -0.132. The minimum Gasteiger partial charge on any atom is -0.477 e. The van der Waals surface area contributed by atoms with Crippen LogP contribution in [0.3, 0.4) is 0 Å². The predicted octanol–water partition coefficient (Wildman–Crippen LogP) is 1.02. The van der Waals surface area contributed by atoms with Crippen LogP contribution in [0.4, 0.5) is 0 Å². The maximum Gasteiger partial charge on any atom is 0.346 e. The van der Waals surface area contributed by atoms with Gasteiger partial charge in [-0.15, -0.1) is 0 Å². The molecule has 1 aromatic rings. The van der Waals surface area contributed by atoms with Crippen LogP contribution in [0.25, 0.3) is 6.08 Å². The highest BCUT2D eigenvalue weighted by molar-refractivity contribution is 5.96. The number of carboxylic acid groups (broad SMARTS) is 1.